The second-order valence-corrected chi connectivity index (χ2v) is 7.29. The molecule has 0 radical (unpaired) electrons. The molecule has 0 bridgehead atoms. The molecule has 1 N–H and O–H groups in total. The normalized spacial score (nSPS) is 20.1. The number of hydrogen-bond acceptors (Lipinski definition) is 3. The first kappa shape index (κ1) is 16.8. The van der Waals surface area contributed by atoms with Gasteiger partial charge in [-0.15, -0.1) is 11.8 Å². The Balaban J connectivity index is 1.69. The highest BCUT2D eigenvalue weighted by Crippen LogP contribution is 2.22. The van der Waals surface area contributed by atoms with Crippen LogP contribution in [0, 0.1) is 11.7 Å². The van der Waals surface area contributed by atoms with E-state index in [-0.39, 0.29) is 5.82 Å². The highest BCUT2D eigenvalue weighted by atomic mass is 32.2. The number of nitrogens with one attached hydrogen (secondary N) is 1. The maximum absolute atomic E-state index is 13.6. The lowest BCUT2D eigenvalue weighted by Crippen LogP contribution is -2.41. The summed E-state index contributed by atoms with van der Waals surface area (Å²) in [6.07, 6.45) is 2.62. The molecule has 21 heavy (non-hydrogen) atoms. The Bertz CT molecular complexity index is 425. The van der Waals surface area contributed by atoms with Crippen LogP contribution >= 0.6 is 11.8 Å². The molecule has 0 amide bonds. The van der Waals surface area contributed by atoms with E-state index in [4.69, 9.17) is 0 Å². The van der Waals surface area contributed by atoms with Crippen molar-refractivity contribution < 1.29 is 4.39 Å². The monoisotopic (exact) mass is 310 g/mol. The molecule has 0 spiro atoms. The Labute approximate surface area is 132 Å². The summed E-state index contributed by atoms with van der Waals surface area (Å²) in [7, 11) is 0. The Morgan fingerprint density at radius 1 is 1.38 bits per heavy atom. The van der Waals surface area contributed by atoms with Gasteiger partial charge in [-0.2, -0.15) is 0 Å². The Hall–Kier alpha value is -0.580. The molecule has 1 aromatic carbocycles. The fraction of sp³-hybridized carbons (Fsp3) is 0.647. The molecule has 1 heterocycles. The van der Waals surface area contributed by atoms with Crippen molar-refractivity contribution in [3.05, 3.63) is 30.1 Å². The topological polar surface area (TPSA) is 15.3 Å². The lowest BCUT2D eigenvalue weighted by atomic mass is 9.98. The van der Waals surface area contributed by atoms with Gasteiger partial charge in [-0.05, 0) is 44.0 Å². The van der Waals surface area contributed by atoms with Crippen LogP contribution in [0.15, 0.2) is 29.2 Å². The van der Waals surface area contributed by atoms with Crippen LogP contribution < -0.4 is 5.32 Å². The van der Waals surface area contributed by atoms with E-state index in [0.29, 0.717) is 6.04 Å². The third-order valence-electron chi connectivity index (χ3n) is 3.92. The number of piperidine rings is 1. The fourth-order valence-corrected chi connectivity index (χ4v) is 3.72. The summed E-state index contributed by atoms with van der Waals surface area (Å²) in [5.74, 6) is 1.63. The first-order valence-corrected chi connectivity index (χ1v) is 8.97. The van der Waals surface area contributed by atoms with Crippen molar-refractivity contribution in [1.82, 2.24) is 10.2 Å². The lowest BCUT2D eigenvalue weighted by Gasteiger charge is -2.33. The first-order chi connectivity index (χ1) is 10.1. The third-order valence-corrected chi connectivity index (χ3v) is 4.95. The van der Waals surface area contributed by atoms with Crippen LogP contribution in [-0.4, -0.2) is 42.9 Å². The van der Waals surface area contributed by atoms with Crippen LogP contribution in [0.1, 0.15) is 26.7 Å². The van der Waals surface area contributed by atoms with Gasteiger partial charge in [0.2, 0.25) is 0 Å². The van der Waals surface area contributed by atoms with Gasteiger partial charge in [-0.1, -0.05) is 26.0 Å². The second kappa shape index (κ2) is 8.76. The molecule has 2 nitrogen and oxygen atoms in total. The summed E-state index contributed by atoms with van der Waals surface area (Å²) in [4.78, 5) is 3.30. The Morgan fingerprint density at radius 2 is 2.19 bits per heavy atom. The highest BCUT2D eigenvalue weighted by Gasteiger charge is 2.19. The van der Waals surface area contributed by atoms with Gasteiger partial charge in [0.15, 0.2) is 0 Å². The largest absolute Gasteiger partial charge is 0.314 e. The predicted molar refractivity (Wildman–Crippen MR) is 89.4 cm³/mol. The number of nitrogens with zero attached hydrogens (tertiary/aromatic N) is 1. The van der Waals surface area contributed by atoms with Crippen LogP contribution in [0.4, 0.5) is 4.39 Å². The molecule has 1 fully saturated rings. The molecular formula is C17H27FN2S. The minimum Gasteiger partial charge on any atom is -0.314 e. The maximum atomic E-state index is 13.6. The van der Waals surface area contributed by atoms with Crippen molar-refractivity contribution in [2.24, 2.45) is 5.92 Å². The van der Waals surface area contributed by atoms with Crippen molar-refractivity contribution >= 4 is 11.8 Å². The smallest absolute Gasteiger partial charge is 0.136 e. The molecule has 0 aliphatic carbocycles. The van der Waals surface area contributed by atoms with E-state index in [1.54, 1.807) is 17.8 Å². The van der Waals surface area contributed by atoms with Gasteiger partial charge in [0, 0.05) is 29.8 Å². The van der Waals surface area contributed by atoms with Crippen LogP contribution in [-0.2, 0) is 0 Å². The van der Waals surface area contributed by atoms with Crippen molar-refractivity contribution in [1.29, 1.82) is 0 Å². The molecule has 0 saturated carbocycles. The highest BCUT2D eigenvalue weighted by molar-refractivity contribution is 7.99. The average molecular weight is 310 g/mol. The van der Waals surface area contributed by atoms with E-state index in [2.05, 4.69) is 24.1 Å². The van der Waals surface area contributed by atoms with E-state index in [0.717, 1.165) is 29.7 Å². The van der Waals surface area contributed by atoms with Crippen LogP contribution in [0.2, 0.25) is 0 Å². The van der Waals surface area contributed by atoms with Crippen molar-refractivity contribution in [2.75, 3.05) is 31.9 Å². The zero-order chi connectivity index (χ0) is 15.1. The van der Waals surface area contributed by atoms with Gasteiger partial charge in [0.05, 0.1) is 0 Å². The zero-order valence-electron chi connectivity index (χ0n) is 13.1. The fourth-order valence-electron chi connectivity index (χ4n) is 2.77. The Morgan fingerprint density at radius 3 is 2.95 bits per heavy atom. The first-order valence-electron chi connectivity index (χ1n) is 7.98. The number of thioether (sulfide) groups is 1. The molecule has 1 atom stereocenters. The van der Waals surface area contributed by atoms with Gasteiger partial charge in [-0.3, -0.25) is 0 Å². The van der Waals surface area contributed by atoms with Crippen molar-refractivity contribution in [3.63, 3.8) is 0 Å². The van der Waals surface area contributed by atoms with Crippen molar-refractivity contribution in [3.8, 4) is 0 Å². The summed E-state index contributed by atoms with van der Waals surface area (Å²) in [5.41, 5.74) is 0. The van der Waals surface area contributed by atoms with E-state index < -0.39 is 0 Å². The predicted octanol–water partition coefficient (Wildman–Crippen LogP) is 3.63. The summed E-state index contributed by atoms with van der Waals surface area (Å²) < 4.78 is 13.6. The zero-order valence-corrected chi connectivity index (χ0v) is 14.0. The molecule has 4 heteroatoms. The summed E-state index contributed by atoms with van der Waals surface area (Å²) in [6.45, 7) is 8.94. The van der Waals surface area contributed by atoms with Gasteiger partial charge < -0.3 is 10.2 Å². The van der Waals surface area contributed by atoms with Crippen LogP contribution in [0.25, 0.3) is 0 Å². The minimum atomic E-state index is -0.0971. The van der Waals surface area contributed by atoms with Crippen molar-refractivity contribution in [2.45, 2.75) is 37.6 Å². The number of halogens is 1. The quantitative estimate of drug-likeness (QED) is 0.774. The molecule has 2 rings (SSSR count). The van der Waals surface area contributed by atoms with E-state index in [9.17, 15) is 4.39 Å². The molecule has 1 unspecified atom stereocenters. The van der Waals surface area contributed by atoms with E-state index >= 15 is 0 Å². The maximum Gasteiger partial charge on any atom is 0.136 e. The molecule has 1 aliphatic rings. The van der Waals surface area contributed by atoms with Gasteiger partial charge >= 0.3 is 0 Å². The number of rotatable bonds is 7. The number of likely N-dealkylation sites (tertiary alicyclic amines) is 1. The minimum absolute atomic E-state index is 0.0971. The Kier molecular flexibility index (Phi) is 7.00. The molecule has 1 aliphatic heterocycles. The summed E-state index contributed by atoms with van der Waals surface area (Å²) in [5, 5.41) is 3.54. The van der Waals surface area contributed by atoms with Gasteiger partial charge in [0.1, 0.15) is 5.82 Å². The van der Waals surface area contributed by atoms with E-state index in [1.165, 1.54) is 32.0 Å². The van der Waals surface area contributed by atoms with E-state index in [1.807, 2.05) is 12.1 Å². The summed E-state index contributed by atoms with van der Waals surface area (Å²) >= 11 is 1.63. The van der Waals surface area contributed by atoms with Crippen LogP contribution in [0.5, 0.6) is 0 Å². The standard InChI is InChI=1S/C17H27FN2S/c1-14(2)19-12-15-6-5-9-20(13-15)10-11-21-17-8-4-3-7-16(17)18/h3-4,7-8,14-15,19H,5-6,9-13H2,1-2H3. The molecule has 0 aromatic heterocycles. The lowest BCUT2D eigenvalue weighted by molar-refractivity contribution is 0.180. The molecule has 1 saturated heterocycles. The van der Waals surface area contributed by atoms with Crippen LogP contribution in [0.3, 0.4) is 0 Å². The molecule has 1 aromatic rings. The number of benzene rings is 1. The SMILES string of the molecule is CC(C)NCC1CCCN(CCSc2ccccc2F)C1. The average Bonchev–Trinajstić information content (AvgIpc) is 2.48. The van der Waals surface area contributed by atoms with Gasteiger partial charge in [-0.25, -0.2) is 4.39 Å². The third kappa shape index (κ3) is 5.97. The summed E-state index contributed by atoms with van der Waals surface area (Å²) in [6, 6.07) is 7.62. The number of hydrogen-bond donors (Lipinski definition) is 1. The molecule has 118 valence electrons. The second-order valence-electron chi connectivity index (χ2n) is 6.15. The molecular weight excluding hydrogens is 283 g/mol. The van der Waals surface area contributed by atoms with Gasteiger partial charge in [0.25, 0.3) is 0 Å².